The summed E-state index contributed by atoms with van der Waals surface area (Å²) in [7, 11) is 1.29. The maximum Gasteiger partial charge on any atom is 0.311 e. The minimum atomic E-state index is -0.575. The Morgan fingerprint density at radius 2 is 1.85 bits per heavy atom. The number of benzene rings is 1. The first-order chi connectivity index (χ1) is 12.8. The van der Waals surface area contributed by atoms with Crippen molar-refractivity contribution in [1.82, 2.24) is 4.90 Å². The van der Waals surface area contributed by atoms with Crippen LogP contribution in [0.1, 0.15) is 18.4 Å². The van der Waals surface area contributed by atoms with E-state index in [9.17, 15) is 24.5 Å². The summed E-state index contributed by atoms with van der Waals surface area (Å²) in [5.41, 5.74) is 0.572. The van der Waals surface area contributed by atoms with E-state index >= 15 is 0 Å². The van der Waals surface area contributed by atoms with Gasteiger partial charge >= 0.3 is 5.69 Å². The van der Waals surface area contributed by atoms with Crippen LogP contribution in [0.3, 0.4) is 0 Å². The molecule has 9 nitrogen and oxygen atoms in total. The Balaban J connectivity index is 1.74. The third kappa shape index (κ3) is 3.40. The molecular formula is C18H19N3O6. The molecule has 1 heterocycles. The van der Waals surface area contributed by atoms with Crippen LogP contribution in [-0.2, 0) is 14.4 Å². The summed E-state index contributed by atoms with van der Waals surface area (Å²) in [6.45, 7) is 1.22. The maximum absolute atomic E-state index is 12.4. The van der Waals surface area contributed by atoms with Crippen molar-refractivity contribution in [2.45, 2.75) is 19.8 Å². The van der Waals surface area contributed by atoms with Gasteiger partial charge in [-0.25, -0.2) is 0 Å². The molecule has 0 radical (unpaired) electrons. The normalized spacial score (nSPS) is 21.2. The number of nitrogens with zero attached hydrogens (tertiary/aromatic N) is 2. The lowest BCUT2D eigenvalue weighted by Gasteiger charge is -2.16. The van der Waals surface area contributed by atoms with Crippen molar-refractivity contribution >= 4 is 29.1 Å². The van der Waals surface area contributed by atoms with Crippen LogP contribution >= 0.6 is 0 Å². The molecule has 1 aliphatic carbocycles. The summed E-state index contributed by atoms with van der Waals surface area (Å²) in [4.78, 5) is 48.7. The SMILES string of the molecule is COc1cc(NC(=O)CN2C(=O)[C@H]3CC=CC[C@H]3C2=O)c(C)cc1[N+](=O)[O-]. The zero-order valence-corrected chi connectivity index (χ0v) is 14.9. The number of nitrogens with one attached hydrogen (secondary N) is 1. The van der Waals surface area contributed by atoms with Crippen molar-refractivity contribution < 1.29 is 24.0 Å². The number of allylic oxidation sites excluding steroid dienone is 2. The number of nitro benzene ring substituents is 1. The number of imide groups is 1. The minimum absolute atomic E-state index is 0.00585. The van der Waals surface area contributed by atoms with Gasteiger partial charge in [0.2, 0.25) is 17.7 Å². The lowest BCUT2D eigenvalue weighted by molar-refractivity contribution is -0.385. The molecule has 27 heavy (non-hydrogen) atoms. The molecule has 142 valence electrons. The van der Waals surface area contributed by atoms with Gasteiger partial charge in [-0.2, -0.15) is 0 Å². The highest BCUT2D eigenvalue weighted by atomic mass is 16.6. The molecule has 0 spiro atoms. The summed E-state index contributed by atoms with van der Waals surface area (Å²) in [6.07, 6.45) is 4.77. The number of anilines is 1. The average molecular weight is 373 g/mol. The number of carbonyl (C=O) groups is 3. The molecule has 1 N–H and O–H groups in total. The third-order valence-electron chi connectivity index (χ3n) is 4.90. The van der Waals surface area contributed by atoms with E-state index in [0.29, 0.717) is 24.1 Å². The van der Waals surface area contributed by atoms with E-state index in [4.69, 9.17) is 4.74 Å². The van der Waals surface area contributed by atoms with Crippen molar-refractivity contribution in [3.05, 3.63) is 40.0 Å². The van der Waals surface area contributed by atoms with Crippen molar-refractivity contribution in [1.29, 1.82) is 0 Å². The molecule has 1 aromatic carbocycles. The largest absolute Gasteiger partial charge is 0.490 e. The van der Waals surface area contributed by atoms with Crippen LogP contribution in [0.25, 0.3) is 0 Å². The molecule has 0 bridgehead atoms. The number of carbonyl (C=O) groups excluding carboxylic acids is 3. The number of methoxy groups -OCH3 is 1. The van der Waals surface area contributed by atoms with E-state index in [1.807, 2.05) is 12.2 Å². The Morgan fingerprint density at radius 3 is 2.37 bits per heavy atom. The Hall–Kier alpha value is -3.23. The van der Waals surface area contributed by atoms with Crippen LogP contribution in [0.5, 0.6) is 5.75 Å². The van der Waals surface area contributed by atoms with Crippen molar-refractivity contribution in [2.75, 3.05) is 19.0 Å². The second kappa shape index (κ2) is 7.18. The number of likely N-dealkylation sites (tertiary alicyclic amines) is 1. The fourth-order valence-electron chi connectivity index (χ4n) is 3.47. The second-order valence-corrected chi connectivity index (χ2v) is 6.56. The lowest BCUT2D eigenvalue weighted by atomic mass is 9.85. The van der Waals surface area contributed by atoms with E-state index in [0.717, 1.165) is 4.90 Å². The minimum Gasteiger partial charge on any atom is -0.490 e. The predicted molar refractivity (Wildman–Crippen MR) is 95.1 cm³/mol. The number of hydrogen-bond acceptors (Lipinski definition) is 6. The van der Waals surface area contributed by atoms with Gasteiger partial charge in [-0.1, -0.05) is 12.2 Å². The van der Waals surface area contributed by atoms with Crippen molar-refractivity contribution in [3.8, 4) is 5.75 Å². The van der Waals surface area contributed by atoms with E-state index in [1.54, 1.807) is 6.92 Å². The van der Waals surface area contributed by atoms with Gasteiger partial charge in [-0.15, -0.1) is 0 Å². The van der Waals surface area contributed by atoms with Gasteiger partial charge in [0, 0.05) is 17.8 Å². The Labute approximate surface area is 155 Å². The van der Waals surface area contributed by atoms with Crippen molar-refractivity contribution in [2.24, 2.45) is 11.8 Å². The number of amides is 3. The molecule has 0 saturated carbocycles. The van der Waals surface area contributed by atoms with E-state index in [2.05, 4.69) is 5.32 Å². The van der Waals surface area contributed by atoms with Crippen LogP contribution in [0.4, 0.5) is 11.4 Å². The number of ether oxygens (including phenoxy) is 1. The zero-order valence-electron chi connectivity index (χ0n) is 14.9. The first-order valence-corrected chi connectivity index (χ1v) is 8.46. The molecule has 0 aromatic heterocycles. The Bertz CT molecular complexity index is 837. The summed E-state index contributed by atoms with van der Waals surface area (Å²) in [5, 5.41) is 13.6. The fraction of sp³-hybridized carbons (Fsp3) is 0.389. The highest BCUT2D eigenvalue weighted by Crippen LogP contribution is 2.35. The Kier molecular flexibility index (Phi) is 4.93. The van der Waals surface area contributed by atoms with E-state index in [1.165, 1.54) is 19.2 Å². The quantitative estimate of drug-likeness (QED) is 0.364. The van der Waals surface area contributed by atoms with Gasteiger partial charge < -0.3 is 10.1 Å². The van der Waals surface area contributed by atoms with Crippen LogP contribution in [0.2, 0.25) is 0 Å². The summed E-state index contributed by atoms with van der Waals surface area (Å²) in [5.74, 6) is -1.99. The molecule has 1 aromatic rings. The number of aryl methyl sites for hydroxylation is 1. The maximum atomic E-state index is 12.4. The molecule has 1 fully saturated rings. The van der Waals surface area contributed by atoms with Gasteiger partial charge in [-0.3, -0.25) is 29.4 Å². The first kappa shape index (κ1) is 18.6. The van der Waals surface area contributed by atoms with Gasteiger partial charge in [0.05, 0.1) is 23.9 Å². The summed E-state index contributed by atoms with van der Waals surface area (Å²) >= 11 is 0. The molecule has 3 amide bonds. The second-order valence-electron chi connectivity index (χ2n) is 6.56. The highest BCUT2D eigenvalue weighted by Gasteiger charge is 2.47. The van der Waals surface area contributed by atoms with Crippen LogP contribution in [-0.4, -0.2) is 41.2 Å². The topological polar surface area (TPSA) is 119 Å². The number of hydrogen-bond donors (Lipinski definition) is 1. The predicted octanol–water partition coefficient (Wildman–Crippen LogP) is 1.80. The van der Waals surface area contributed by atoms with Gasteiger partial charge in [0.15, 0.2) is 5.75 Å². The highest BCUT2D eigenvalue weighted by molar-refractivity contribution is 6.09. The van der Waals surface area contributed by atoms with E-state index < -0.39 is 22.7 Å². The molecule has 2 atom stereocenters. The first-order valence-electron chi connectivity index (χ1n) is 8.46. The number of nitro groups is 1. The van der Waals surface area contributed by atoms with Crippen LogP contribution in [0, 0.1) is 28.9 Å². The standard InChI is InChI=1S/C18H19N3O6/c1-10-7-14(21(25)26)15(27-2)8-13(10)19-16(22)9-20-17(23)11-5-3-4-6-12(11)18(20)24/h3-4,7-8,11-12H,5-6,9H2,1-2H3,(H,19,22)/t11-,12+. The van der Waals surface area contributed by atoms with Crippen LogP contribution < -0.4 is 10.1 Å². The monoisotopic (exact) mass is 373 g/mol. The fourth-order valence-corrected chi connectivity index (χ4v) is 3.47. The summed E-state index contributed by atoms with van der Waals surface area (Å²) in [6, 6.07) is 2.64. The molecule has 2 aliphatic rings. The zero-order chi connectivity index (χ0) is 19.7. The Morgan fingerprint density at radius 1 is 1.26 bits per heavy atom. The van der Waals surface area contributed by atoms with Gasteiger partial charge in [-0.05, 0) is 25.3 Å². The molecule has 1 aliphatic heterocycles. The number of rotatable bonds is 5. The van der Waals surface area contributed by atoms with E-state index in [-0.39, 0.29) is 29.8 Å². The third-order valence-corrected chi connectivity index (χ3v) is 4.90. The molecule has 3 rings (SSSR count). The molecule has 0 unspecified atom stereocenters. The molecule has 9 heteroatoms. The smallest absolute Gasteiger partial charge is 0.311 e. The van der Waals surface area contributed by atoms with Crippen LogP contribution in [0.15, 0.2) is 24.3 Å². The van der Waals surface area contributed by atoms with Crippen molar-refractivity contribution in [3.63, 3.8) is 0 Å². The molecular weight excluding hydrogens is 354 g/mol. The van der Waals surface area contributed by atoms with Gasteiger partial charge in [0.25, 0.3) is 0 Å². The summed E-state index contributed by atoms with van der Waals surface area (Å²) < 4.78 is 5.00. The average Bonchev–Trinajstić information content (AvgIpc) is 2.88. The number of fused-ring (bicyclic) bond motifs is 1. The van der Waals surface area contributed by atoms with Gasteiger partial charge in [0.1, 0.15) is 6.54 Å². The molecule has 1 saturated heterocycles. The lowest BCUT2D eigenvalue weighted by Crippen LogP contribution is -2.38.